The first kappa shape index (κ1) is 23.5. The first-order valence-electron chi connectivity index (χ1n) is 11.7. The van der Waals surface area contributed by atoms with Crippen LogP contribution in [0.25, 0.3) is 11.3 Å². The molecule has 1 saturated heterocycles. The van der Waals surface area contributed by atoms with Crippen LogP contribution in [0.5, 0.6) is 0 Å². The topological polar surface area (TPSA) is 46.1 Å². The van der Waals surface area contributed by atoms with E-state index >= 15 is 0 Å². The molecule has 2 aliphatic rings. The summed E-state index contributed by atoms with van der Waals surface area (Å²) in [6.07, 6.45) is -2.50. The highest BCUT2D eigenvalue weighted by atomic mass is 19.4. The van der Waals surface area contributed by atoms with Crippen molar-refractivity contribution in [1.82, 2.24) is 14.9 Å². The number of aromatic nitrogens is 2. The number of aryl methyl sites for hydroxylation is 1. The van der Waals surface area contributed by atoms with Crippen LogP contribution in [0.2, 0.25) is 0 Å². The monoisotopic (exact) mass is 483 g/mol. The van der Waals surface area contributed by atoms with E-state index in [2.05, 4.69) is 11.9 Å². The van der Waals surface area contributed by atoms with Crippen LogP contribution in [0.3, 0.4) is 0 Å². The van der Waals surface area contributed by atoms with E-state index in [1.165, 1.54) is 31.2 Å². The number of benzene rings is 2. The average Bonchev–Trinajstić information content (AvgIpc) is 2.80. The SMILES string of the molecule is Cc1nc(-c2ccc(F)cc2)c2c(n1)[C@@H]1CCC(C)[C@H](C2)N1C(=O)c1cccc(C(F)(F)F)c1C. The molecule has 3 aromatic rings. The number of rotatable bonds is 2. The highest BCUT2D eigenvalue weighted by Gasteiger charge is 2.46. The van der Waals surface area contributed by atoms with Gasteiger partial charge in [0, 0.05) is 22.7 Å². The zero-order valence-electron chi connectivity index (χ0n) is 19.7. The molecule has 5 rings (SSSR count). The normalized spacial score (nSPS) is 21.6. The van der Waals surface area contributed by atoms with Gasteiger partial charge in [-0.05, 0) is 81.0 Å². The van der Waals surface area contributed by atoms with Crippen molar-refractivity contribution in [3.05, 3.63) is 82.1 Å². The summed E-state index contributed by atoms with van der Waals surface area (Å²) in [4.78, 5) is 24.9. The zero-order valence-corrected chi connectivity index (χ0v) is 19.7. The van der Waals surface area contributed by atoms with E-state index in [4.69, 9.17) is 4.98 Å². The van der Waals surface area contributed by atoms with Crippen molar-refractivity contribution < 1.29 is 22.4 Å². The van der Waals surface area contributed by atoms with Gasteiger partial charge < -0.3 is 4.90 Å². The minimum absolute atomic E-state index is 0.0626. The molecule has 8 heteroatoms. The molecule has 35 heavy (non-hydrogen) atoms. The van der Waals surface area contributed by atoms with Crippen LogP contribution in [0.15, 0.2) is 42.5 Å². The quantitative estimate of drug-likeness (QED) is 0.393. The molecule has 2 bridgehead atoms. The molecule has 2 aromatic carbocycles. The Morgan fingerprint density at radius 3 is 2.43 bits per heavy atom. The largest absolute Gasteiger partial charge is 0.416 e. The highest BCUT2D eigenvalue weighted by molar-refractivity contribution is 5.97. The summed E-state index contributed by atoms with van der Waals surface area (Å²) in [7, 11) is 0. The van der Waals surface area contributed by atoms with Crippen LogP contribution in [0.4, 0.5) is 17.6 Å². The number of amides is 1. The number of carbonyl (C=O) groups excluding carboxylic acids is 1. The summed E-state index contributed by atoms with van der Waals surface area (Å²) in [5.74, 6) is -0.0628. The fourth-order valence-corrected chi connectivity index (χ4v) is 5.58. The standard InChI is InChI=1S/C27H25F4N3O/c1-14-7-12-22-25-20(24(32-16(3)33-25)17-8-10-18(28)11-9-17)13-23(14)34(22)26(35)19-5-4-6-21(15(19)2)27(29,30)31/h4-6,8-11,14,22-23H,7,12-13H2,1-3H3/t14?,22-,23-/m0/s1. The molecule has 1 unspecified atom stereocenters. The lowest BCUT2D eigenvalue weighted by atomic mass is 9.75. The van der Waals surface area contributed by atoms with Gasteiger partial charge in [-0.15, -0.1) is 0 Å². The number of halogens is 4. The maximum Gasteiger partial charge on any atom is 0.416 e. The van der Waals surface area contributed by atoms with Crippen LogP contribution in [0, 0.1) is 25.6 Å². The Labute approximate surface area is 201 Å². The number of hydrogen-bond acceptors (Lipinski definition) is 3. The molecular formula is C27H25F4N3O. The molecule has 0 aliphatic carbocycles. The van der Waals surface area contributed by atoms with Crippen LogP contribution in [-0.2, 0) is 12.6 Å². The lowest BCUT2D eigenvalue weighted by Crippen LogP contribution is -2.54. The van der Waals surface area contributed by atoms with E-state index in [0.717, 1.165) is 35.0 Å². The molecule has 0 saturated carbocycles. The summed E-state index contributed by atoms with van der Waals surface area (Å²) >= 11 is 0. The maximum atomic E-state index is 13.8. The van der Waals surface area contributed by atoms with Crippen molar-refractivity contribution in [3.8, 4) is 11.3 Å². The van der Waals surface area contributed by atoms with Gasteiger partial charge in [0.15, 0.2) is 0 Å². The Bertz CT molecular complexity index is 1300. The fraction of sp³-hybridized carbons (Fsp3) is 0.370. The second-order valence-electron chi connectivity index (χ2n) is 9.52. The molecule has 2 aliphatic heterocycles. The molecule has 0 N–H and O–H groups in total. The molecule has 1 amide bonds. The van der Waals surface area contributed by atoms with Crippen LogP contribution >= 0.6 is 0 Å². The molecule has 182 valence electrons. The van der Waals surface area contributed by atoms with E-state index in [1.54, 1.807) is 24.0 Å². The van der Waals surface area contributed by atoms with Crippen molar-refractivity contribution in [3.63, 3.8) is 0 Å². The van der Waals surface area contributed by atoms with Gasteiger partial charge in [0.25, 0.3) is 5.91 Å². The van der Waals surface area contributed by atoms with Gasteiger partial charge in [-0.3, -0.25) is 4.79 Å². The van der Waals surface area contributed by atoms with Gasteiger partial charge >= 0.3 is 6.18 Å². The minimum Gasteiger partial charge on any atom is -0.326 e. The molecule has 0 radical (unpaired) electrons. The van der Waals surface area contributed by atoms with Gasteiger partial charge in [0.05, 0.1) is 23.0 Å². The Morgan fingerprint density at radius 2 is 1.74 bits per heavy atom. The fourth-order valence-electron chi connectivity index (χ4n) is 5.58. The third-order valence-electron chi connectivity index (χ3n) is 7.35. The van der Waals surface area contributed by atoms with E-state index in [1.807, 2.05) is 0 Å². The van der Waals surface area contributed by atoms with Gasteiger partial charge in [-0.25, -0.2) is 14.4 Å². The van der Waals surface area contributed by atoms with Gasteiger partial charge in [0.1, 0.15) is 11.6 Å². The number of hydrogen-bond donors (Lipinski definition) is 0. The number of nitrogens with zero attached hydrogens (tertiary/aromatic N) is 3. The minimum atomic E-state index is -4.54. The Balaban J connectivity index is 1.63. The molecular weight excluding hydrogens is 458 g/mol. The molecule has 3 atom stereocenters. The number of alkyl halides is 3. The third kappa shape index (κ3) is 3.98. The Kier molecular flexibility index (Phi) is 5.65. The van der Waals surface area contributed by atoms with Crippen molar-refractivity contribution in [2.24, 2.45) is 5.92 Å². The summed E-state index contributed by atoms with van der Waals surface area (Å²) in [5.41, 5.74) is 2.36. The smallest absolute Gasteiger partial charge is 0.326 e. The van der Waals surface area contributed by atoms with Gasteiger partial charge in [-0.2, -0.15) is 13.2 Å². The van der Waals surface area contributed by atoms with Gasteiger partial charge in [0.2, 0.25) is 0 Å². The molecule has 0 spiro atoms. The second-order valence-corrected chi connectivity index (χ2v) is 9.52. The van der Waals surface area contributed by atoms with Crippen LogP contribution < -0.4 is 0 Å². The summed E-state index contributed by atoms with van der Waals surface area (Å²) in [5, 5.41) is 0. The molecule has 3 heterocycles. The lowest BCUT2D eigenvalue weighted by molar-refractivity contribution is -0.138. The number of carbonyl (C=O) groups is 1. The van der Waals surface area contributed by atoms with Crippen LogP contribution in [0.1, 0.15) is 64.4 Å². The summed E-state index contributed by atoms with van der Waals surface area (Å²) in [6, 6.07) is 9.34. The van der Waals surface area contributed by atoms with Crippen molar-refractivity contribution in [2.45, 2.75) is 58.3 Å². The van der Waals surface area contributed by atoms with Crippen molar-refractivity contribution in [1.29, 1.82) is 0 Å². The first-order chi connectivity index (χ1) is 16.6. The first-order valence-corrected chi connectivity index (χ1v) is 11.7. The van der Waals surface area contributed by atoms with E-state index in [0.29, 0.717) is 18.7 Å². The number of piperidine rings is 1. The van der Waals surface area contributed by atoms with E-state index in [-0.39, 0.29) is 34.9 Å². The van der Waals surface area contributed by atoms with E-state index in [9.17, 15) is 22.4 Å². The predicted octanol–water partition coefficient (Wildman–Crippen LogP) is 6.46. The van der Waals surface area contributed by atoms with Crippen molar-refractivity contribution >= 4 is 5.91 Å². The number of fused-ring (bicyclic) bond motifs is 4. The zero-order chi connectivity index (χ0) is 25.1. The Hall–Kier alpha value is -3.29. The van der Waals surface area contributed by atoms with E-state index < -0.39 is 17.6 Å². The van der Waals surface area contributed by atoms with Crippen molar-refractivity contribution in [2.75, 3.05) is 0 Å². The summed E-state index contributed by atoms with van der Waals surface area (Å²) in [6.45, 7) is 5.19. The highest BCUT2D eigenvalue weighted by Crippen LogP contribution is 2.46. The third-order valence-corrected chi connectivity index (χ3v) is 7.35. The lowest BCUT2D eigenvalue weighted by Gasteiger charge is -2.49. The molecule has 1 aromatic heterocycles. The van der Waals surface area contributed by atoms with Gasteiger partial charge in [-0.1, -0.05) is 13.0 Å². The molecule has 4 nitrogen and oxygen atoms in total. The average molecular weight is 484 g/mol. The summed E-state index contributed by atoms with van der Waals surface area (Å²) < 4.78 is 54.2. The van der Waals surface area contributed by atoms with Crippen LogP contribution in [-0.4, -0.2) is 26.8 Å². The Morgan fingerprint density at radius 1 is 1.03 bits per heavy atom. The molecule has 1 fully saturated rings. The predicted molar refractivity (Wildman–Crippen MR) is 123 cm³/mol. The maximum absolute atomic E-state index is 13.8. The second kappa shape index (κ2) is 8.43.